The Balaban J connectivity index is 2.22. The van der Waals surface area contributed by atoms with Gasteiger partial charge in [0.1, 0.15) is 12.4 Å². The van der Waals surface area contributed by atoms with E-state index in [9.17, 15) is 13.9 Å². The third-order valence-electron chi connectivity index (χ3n) is 3.03. The van der Waals surface area contributed by atoms with Gasteiger partial charge in [-0.05, 0) is 31.5 Å². The summed E-state index contributed by atoms with van der Waals surface area (Å²) < 4.78 is 32.2. The Hall–Kier alpha value is -1.94. The molecule has 0 fully saturated rings. The number of hydrogen-bond donors (Lipinski definition) is 1. The first-order valence-electron chi connectivity index (χ1n) is 6.33. The van der Waals surface area contributed by atoms with Gasteiger partial charge in [0.25, 0.3) is 0 Å². The van der Waals surface area contributed by atoms with Gasteiger partial charge in [-0.3, -0.25) is 0 Å². The van der Waals surface area contributed by atoms with E-state index < -0.39 is 17.7 Å². The quantitative estimate of drug-likeness (QED) is 0.919. The largest absolute Gasteiger partial charge is 0.488 e. The second-order valence-corrected chi connectivity index (χ2v) is 4.72. The summed E-state index contributed by atoms with van der Waals surface area (Å²) in [4.78, 5) is 0. The molecule has 0 aromatic heterocycles. The third kappa shape index (κ3) is 3.14. The SMILES string of the molecule is Cc1ccc([C@H](C)O)c(OCc2cccc(F)c2F)c1. The van der Waals surface area contributed by atoms with Crippen molar-refractivity contribution in [2.45, 2.75) is 26.6 Å². The number of ether oxygens (including phenoxy) is 1. The van der Waals surface area contributed by atoms with Crippen LogP contribution in [0.1, 0.15) is 29.7 Å². The molecule has 0 aliphatic carbocycles. The maximum absolute atomic E-state index is 13.5. The normalized spacial score (nSPS) is 12.2. The van der Waals surface area contributed by atoms with Crippen LogP contribution in [0.2, 0.25) is 0 Å². The lowest BCUT2D eigenvalue weighted by atomic mass is 10.1. The standard InChI is InChI=1S/C16H16F2O2/c1-10-6-7-13(11(2)19)15(8-10)20-9-12-4-3-5-14(17)16(12)18/h3-8,11,19H,9H2,1-2H3/t11-/m0/s1. The van der Waals surface area contributed by atoms with Gasteiger partial charge in [0, 0.05) is 11.1 Å². The van der Waals surface area contributed by atoms with Gasteiger partial charge in [0.05, 0.1) is 6.10 Å². The van der Waals surface area contributed by atoms with E-state index in [1.807, 2.05) is 13.0 Å². The molecule has 2 aromatic carbocycles. The first-order valence-corrected chi connectivity index (χ1v) is 6.33. The van der Waals surface area contributed by atoms with Gasteiger partial charge >= 0.3 is 0 Å². The highest BCUT2D eigenvalue weighted by molar-refractivity contribution is 5.38. The summed E-state index contributed by atoms with van der Waals surface area (Å²) in [7, 11) is 0. The zero-order chi connectivity index (χ0) is 14.7. The maximum atomic E-state index is 13.5. The van der Waals surface area contributed by atoms with Crippen LogP contribution >= 0.6 is 0 Å². The molecule has 0 aliphatic heterocycles. The average Bonchev–Trinajstić information content (AvgIpc) is 2.40. The van der Waals surface area contributed by atoms with E-state index in [1.54, 1.807) is 19.1 Å². The minimum absolute atomic E-state index is 0.0905. The number of halogens is 2. The van der Waals surface area contributed by atoms with Crippen LogP contribution in [0.25, 0.3) is 0 Å². The smallest absolute Gasteiger partial charge is 0.165 e. The zero-order valence-corrected chi connectivity index (χ0v) is 11.4. The Morgan fingerprint density at radius 3 is 2.65 bits per heavy atom. The predicted octanol–water partition coefficient (Wildman–Crippen LogP) is 3.91. The minimum Gasteiger partial charge on any atom is -0.488 e. The highest BCUT2D eigenvalue weighted by Crippen LogP contribution is 2.27. The molecule has 0 saturated carbocycles. The second-order valence-electron chi connectivity index (χ2n) is 4.72. The topological polar surface area (TPSA) is 29.5 Å². The molecule has 4 heteroatoms. The predicted molar refractivity (Wildman–Crippen MR) is 72.5 cm³/mol. The molecule has 0 amide bonds. The van der Waals surface area contributed by atoms with Crippen LogP contribution in [-0.2, 0) is 6.61 Å². The number of aliphatic hydroxyl groups is 1. The molecule has 0 saturated heterocycles. The van der Waals surface area contributed by atoms with E-state index >= 15 is 0 Å². The lowest BCUT2D eigenvalue weighted by molar-refractivity contribution is 0.189. The Labute approximate surface area is 116 Å². The van der Waals surface area contributed by atoms with Crippen molar-refractivity contribution in [3.63, 3.8) is 0 Å². The first-order chi connectivity index (χ1) is 9.49. The number of aryl methyl sites for hydroxylation is 1. The van der Waals surface area contributed by atoms with E-state index in [-0.39, 0.29) is 12.2 Å². The molecule has 0 aliphatic rings. The summed E-state index contributed by atoms with van der Waals surface area (Å²) >= 11 is 0. The zero-order valence-electron chi connectivity index (χ0n) is 11.4. The van der Waals surface area contributed by atoms with Crippen molar-refractivity contribution in [3.8, 4) is 5.75 Å². The molecular formula is C16H16F2O2. The Morgan fingerprint density at radius 2 is 1.95 bits per heavy atom. The summed E-state index contributed by atoms with van der Waals surface area (Å²) in [6, 6.07) is 9.35. The highest BCUT2D eigenvalue weighted by atomic mass is 19.2. The number of aliphatic hydroxyl groups excluding tert-OH is 1. The van der Waals surface area contributed by atoms with Gasteiger partial charge in [-0.2, -0.15) is 0 Å². The van der Waals surface area contributed by atoms with Gasteiger partial charge < -0.3 is 9.84 Å². The van der Waals surface area contributed by atoms with Crippen molar-refractivity contribution in [1.82, 2.24) is 0 Å². The molecule has 0 spiro atoms. The maximum Gasteiger partial charge on any atom is 0.165 e. The summed E-state index contributed by atoms with van der Waals surface area (Å²) in [5.74, 6) is -1.33. The van der Waals surface area contributed by atoms with Crippen molar-refractivity contribution in [2.24, 2.45) is 0 Å². The van der Waals surface area contributed by atoms with Crippen LogP contribution in [0.3, 0.4) is 0 Å². The summed E-state index contributed by atoms with van der Waals surface area (Å²) in [5.41, 5.74) is 1.72. The van der Waals surface area contributed by atoms with Gasteiger partial charge in [0.15, 0.2) is 11.6 Å². The van der Waals surface area contributed by atoms with E-state index in [0.29, 0.717) is 11.3 Å². The summed E-state index contributed by atoms with van der Waals surface area (Å²) in [6.45, 7) is 3.43. The highest BCUT2D eigenvalue weighted by Gasteiger charge is 2.12. The first kappa shape index (κ1) is 14.5. The van der Waals surface area contributed by atoms with Crippen LogP contribution in [0.15, 0.2) is 36.4 Å². The van der Waals surface area contributed by atoms with Crippen molar-refractivity contribution in [3.05, 3.63) is 64.7 Å². The Morgan fingerprint density at radius 1 is 1.20 bits per heavy atom. The van der Waals surface area contributed by atoms with Crippen molar-refractivity contribution < 1.29 is 18.6 Å². The number of benzene rings is 2. The average molecular weight is 278 g/mol. The van der Waals surface area contributed by atoms with E-state index in [0.717, 1.165) is 11.6 Å². The van der Waals surface area contributed by atoms with Crippen LogP contribution in [0.5, 0.6) is 5.75 Å². The molecule has 2 rings (SSSR count). The van der Waals surface area contributed by atoms with Crippen molar-refractivity contribution in [2.75, 3.05) is 0 Å². The van der Waals surface area contributed by atoms with E-state index in [2.05, 4.69) is 0 Å². The van der Waals surface area contributed by atoms with E-state index in [1.165, 1.54) is 12.1 Å². The third-order valence-corrected chi connectivity index (χ3v) is 3.03. The molecule has 0 bridgehead atoms. The monoisotopic (exact) mass is 278 g/mol. The lowest BCUT2D eigenvalue weighted by Gasteiger charge is -2.14. The molecule has 20 heavy (non-hydrogen) atoms. The lowest BCUT2D eigenvalue weighted by Crippen LogP contribution is -2.04. The van der Waals surface area contributed by atoms with Gasteiger partial charge in [0.2, 0.25) is 0 Å². The fraction of sp³-hybridized carbons (Fsp3) is 0.250. The van der Waals surface area contributed by atoms with Crippen LogP contribution in [-0.4, -0.2) is 5.11 Å². The molecule has 0 heterocycles. The van der Waals surface area contributed by atoms with E-state index in [4.69, 9.17) is 4.74 Å². The molecule has 1 atom stereocenters. The fourth-order valence-electron chi connectivity index (χ4n) is 1.93. The van der Waals surface area contributed by atoms with Crippen molar-refractivity contribution in [1.29, 1.82) is 0 Å². The van der Waals surface area contributed by atoms with Gasteiger partial charge in [-0.15, -0.1) is 0 Å². The molecule has 0 unspecified atom stereocenters. The fourth-order valence-corrected chi connectivity index (χ4v) is 1.93. The van der Waals surface area contributed by atoms with Crippen LogP contribution < -0.4 is 4.74 Å². The summed E-state index contributed by atoms with van der Waals surface area (Å²) in [5, 5.41) is 9.68. The number of hydrogen-bond acceptors (Lipinski definition) is 2. The Kier molecular flexibility index (Phi) is 4.35. The molecule has 2 aromatic rings. The second kappa shape index (κ2) is 6.01. The van der Waals surface area contributed by atoms with Gasteiger partial charge in [-0.25, -0.2) is 8.78 Å². The molecular weight excluding hydrogens is 262 g/mol. The molecule has 2 nitrogen and oxygen atoms in total. The van der Waals surface area contributed by atoms with Crippen LogP contribution in [0, 0.1) is 18.6 Å². The summed E-state index contributed by atoms with van der Waals surface area (Å²) in [6.07, 6.45) is -0.692. The molecule has 1 N–H and O–H groups in total. The molecule has 0 radical (unpaired) electrons. The Bertz CT molecular complexity index is 609. The van der Waals surface area contributed by atoms with Gasteiger partial charge in [-0.1, -0.05) is 24.3 Å². The van der Waals surface area contributed by atoms with Crippen molar-refractivity contribution >= 4 is 0 Å². The van der Waals surface area contributed by atoms with Crippen LogP contribution in [0.4, 0.5) is 8.78 Å². The molecule has 106 valence electrons. The minimum atomic E-state index is -0.904. The number of rotatable bonds is 4.